The minimum Gasteiger partial charge on any atom is -0.361 e. The number of rotatable bonds is 0. The summed E-state index contributed by atoms with van der Waals surface area (Å²) in [5.74, 6) is 0. The summed E-state index contributed by atoms with van der Waals surface area (Å²) in [4.78, 5) is 13.9. The van der Waals surface area contributed by atoms with E-state index in [1.165, 1.54) is 16.3 Å². The molecule has 0 amide bonds. The summed E-state index contributed by atoms with van der Waals surface area (Å²) >= 11 is 0. The first-order valence-electron chi connectivity index (χ1n) is 5.69. The summed E-state index contributed by atoms with van der Waals surface area (Å²) in [5.41, 5.74) is 2.21. The fraction of sp³-hybridized carbons (Fsp3) is 0. The van der Waals surface area contributed by atoms with E-state index in [0.717, 1.165) is 5.52 Å². The minimum absolute atomic E-state index is 1.04. The monoisotopic (exact) mass is 236 g/mol. The van der Waals surface area contributed by atoms with Gasteiger partial charge in [0.25, 0.3) is 0 Å². The molecule has 3 heterocycles. The molecule has 2 N–H and O–H groups in total. The number of aromatic nitrogens is 4. The highest BCUT2D eigenvalue weighted by Crippen LogP contribution is 2.21. The third-order valence-corrected chi connectivity index (χ3v) is 2.71. The van der Waals surface area contributed by atoms with Gasteiger partial charge in [-0.3, -0.25) is 4.98 Å². The third kappa shape index (κ3) is 1.96. The fourth-order valence-electron chi connectivity index (χ4n) is 1.90. The number of nitrogens with zero attached hydrogens (tertiary/aromatic N) is 2. The number of imidazole rings is 1. The molecule has 4 aromatic rings. The van der Waals surface area contributed by atoms with Gasteiger partial charge in [0.2, 0.25) is 0 Å². The largest absolute Gasteiger partial charge is 0.361 e. The molecule has 0 bridgehead atoms. The molecule has 3 aromatic heterocycles. The molecule has 0 saturated carbocycles. The Labute approximate surface area is 104 Å². The van der Waals surface area contributed by atoms with Crippen LogP contribution >= 0.6 is 0 Å². The van der Waals surface area contributed by atoms with E-state index in [0.29, 0.717) is 0 Å². The molecular weight excluding hydrogens is 224 g/mol. The topological polar surface area (TPSA) is 57.4 Å². The lowest BCUT2D eigenvalue weighted by Crippen LogP contribution is -1.77. The number of benzene rings is 1. The lowest BCUT2D eigenvalue weighted by atomic mass is 10.1. The highest BCUT2D eigenvalue weighted by Gasteiger charge is 1.99. The second kappa shape index (κ2) is 4.71. The number of H-pyrrole nitrogens is 2. The van der Waals surface area contributed by atoms with Gasteiger partial charge in [0.1, 0.15) is 0 Å². The van der Waals surface area contributed by atoms with Crippen LogP contribution in [0.3, 0.4) is 0 Å². The van der Waals surface area contributed by atoms with Crippen LogP contribution in [0.2, 0.25) is 0 Å². The zero-order valence-corrected chi connectivity index (χ0v) is 9.67. The minimum atomic E-state index is 1.04. The number of hydrogen-bond acceptors (Lipinski definition) is 2. The molecule has 1 aromatic carbocycles. The summed E-state index contributed by atoms with van der Waals surface area (Å²) in [6.45, 7) is 0. The maximum Gasteiger partial charge on any atom is 0.0919 e. The van der Waals surface area contributed by atoms with Crippen molar-refractivity contribution >= 4 is 21.8 Å². The van der Waals surface area contributed by atoms with E-state index in [9.17, 15) is 0 Å². The molecule has 4 nitrogen and oxygen atoms in total. The number of aromatic amines is 2. The maximum atomic E-state index is 4.29. The molecule has 0 atom stereocenters. The smallest absolute Gasteiger partial charge is 0.0919 e. The number of hydrogen-bond donors (Lipinski definition) is 2. The maximum absolute atomic E-state index is 4.29. The molecule has 0 radical (unpaired) electrons. The lowest BCUT2D eigenvalue weighted by Gasteiger charge is -1.97. The van der Waals surface area contributed by atoms with Crippen molar-refractivity contribution in [3.63, 3.8) is 0 Å². The standard InChI is InChI=1S/C11H8N2.C3H4N2/c1-2-9-10(12-6-1)4-3-8-5-7-13-11(8)9;1-2-5-3-4-1/h1-7,13H;1-3H,(H,4,5). The van der Waals surface area contributed by atoms with E-state index in [4.69, 9.17) is 0 Å². The highest BCUT2D eigenvalue weighted by molar-refractivity contribution is 6.03. The first-order valence-corrected chi connectivity index (χ1v) is 5.69. The van der Waals surface area contributed by atoms with E-state index in [-0.39, 0.29) is 0 Å². The molecule has 0 unspecified atom stereocenters. The van der Waals surface area contributed by atoms with Crippen molar-refractivity contribution in [2.75, 3.05) is 0 Å². The molecule has 0 fully saturated rings. The van der Waals surface area contributed by atoms with E-state index in [1.807, 2.05) is 24.5 Å². The molecule has 4 heteroatoms. The first kappa shape index (κ1) is 10.5. The van der Waals surface area contributed by atoms with Crippen LogP contribution in [0.1, 0.15) is 0 Å². The van der Waals surface area contributed by atoms with E-state index >= 15 is 0 Å². The van der Waals surface area contributed by atoms with Gasteiger partial charge in [-0.2, -0.15) is 0 Å². The molecule has 0 aliphatic carbocycles. The van der Waals surface area contributed by atoms with Gasteiger partial charge in [-0.25, -0.2) is 4.98 Å². The van der Waals surface area contributed by atoms with Crippen molar-refractivity contribution in [2.24, 2.45) is 0 Å². The summed E-state index contributed by atoms with van der Waals surface area (Å²) in [6, 6.07) is 10.2. The molecule has 0 aliphatic rings. The third-order valence-electron chi connectivity index (χ3n) is 2.71. The Hall–Kier alpha value is -2.62. The van der Waals surface area contributed by atoms with Crippen LogP contribution in [0.4, 0.5) is 0 Å². The summed E-state index contributed by atoms with van der Waals surface area (Å²) in [5, 5.41) is 2.42. The zero-order chi connectivity index (χ0) is 12.2. The van der Waals surface area contributed by atoms with Gasteiger partial charge in [-0.15, -0.1) is 0 Å². The molecule has 4 rings (SSSR count). The number of nitrogens with one attached hydrogen (secondary N) is 2. The van der Waals surface area contributed by atoms with Crippen LogP contribution in [0, 0.1) is 0 Å². The van der Waals surface area contributed by atoms with Gasteiger partial charge in [-0.1, -0.05) is 6.07 Å². The van der Waals surface area contributed by atoms with Crippen LogP contribution in [-0.2, 0) is 0 Å². The van der Waals surface area contributed by atoms with Gasteiger partial charge in [0, 0.05) is 35.6 Å². The highest BCUT2D eigenvalue weighted by atomic mass is 14.8. The van der Waals surface area contributed by atoms with Crippen LogP contribution in [0.15, 0.2) is 61.4 Å². The van der Waals surface area contributed by atoms with Gasteiger partial charge >= 0.3 is 0 Å². The quantitative estimate of drug-likeness (QED) is 0.493. The second-order valence-corrected chi connectivity index (χ2v) is 3.84. The molecule has 0 saturated heterocycles. The van der Waals surface area contributed by atoms with Crippen LogP contribution < -0.4 is 0 Å². The Balaban J connectivity index is 0.000000169. The van der Waals surface area contributed by atoms with E-state index in [2.05, 4.69) is 38.1 Å². The Morgan fingerprint density at radius 1 is 0.944 bits per heavy atom. The summed E-state index contributed by atoms with van der Waals surface area (Å²) in [6.07, 6.45) is 8.86. The predicted octanol–water partition coefficient (Wildman–Crippen LogP) is 3.13. The van der Waals surface area contributed by atoms with Gasteiger partial charge in [0.05, 0.1) is 17.4 Å². The van der Waals surface area contributed by atoms with Gasteiger partial charge in [0.15, 0.2) is 0 Å². The Morgan fingerprint density at radius 3 is 2.72 bits per heavy atom. The normalized spacial score (nSPS) is 10.2. The Bertz CT molecular complexity index is 723. The molecule has 0 aliphatic heterocycles. The molecule has 88 valence electrons. The number of pyridine rings is 1. The van der Waals surface area contributed by atoms with Gasteiger partial charge in [-0.05, 0) is 24.3 Å². The van der Waals surface area contributed by atoms with Crippen molar-refractivity contribution in [2.45, 2.75) is 0 Å². The van der Waals surface area contributed by atoms with E-state index < -0.39 is 0 Å². The van der Waals surface area contributed by atoms with Crippen molar-refractivity contribution in [1.29, 1.82) is 0 Å². The zero-order valence-electron chi connectivity index (χ0n) is 9.67. The number of fused-ring (bicyclic) bond motifs is 3. The molecule has 0 spiro atoms. The van der Waals surface area contributed by atoms with Crippen molar-refractivity contribution in [3.8, 4) is 0 Å². The van der Waals surface area contributed by atoms with Crippen LogP contribution in [0.25, 0.3) is 21.8 Å². The molecular formula is C14H12N4. The van der Waals surface area contributed by atoms with Crippen molar-refractivity contribution in [1.82, 2.24) is 19.9 Å². The van der Waals surface area contributed by atoms with Gasteiger partial charge < -0.3 is 9.97 Å². The lowest BCUT2D eigenvalue weighted by molar-refractivity contribution is 1.31. The second-order valence-electron chi connectivity index (χ2n) is 3.84. The van der Waals surface area contributed by atoms with Crippen LogP contribution in [-0.4, -0.2) is 19.9 Å². The Kier molecular flexibility index (Phi) is 2.75. The predicted molar refractivity (Wildman–Crippen MR) is 72.2 cm³/mol. The SMILES string of the molecule is c1c[nH]cn1.c1cnc2ccc3cc[nH]c3c2c1. The summed E-state index contributed by atoms with van der Waals surface area (Å²) < 4.78 is 0. The Morgan fingerprint density at radius 2 is 1.94 bits per heavy atom. The van der Waals surface area contributed by atoms with Crippen molar-refractivity contribution < 1.29 is 0 Å². The van der Waals surface area contributed by atoms with Crippen LogP contribution in [0.5, 0.6) is 0 Å². The van der Waals surface area contributed by atoms with E-state index in [1.54, 1.807) is 18.7 Å². The fourth-order valence-corrected chi connectivity index (χ4v) is 1.90. The summed E-state index contributed by atoms with van der Waals surface area (Å²) in [7, 11) is 0. The first-order chi connectivity index (χ1) is 8.95. The molecule has 18 heavy (non-hydrogen) atoms. The van der Waals surface area contributed by atoms with Crippen molar-refractivity contribution in [3.05, 3.63) is 61.4 Å². The average molecular weight is 236 g/mol. The average Bonchev–Trinajstić information content (AvgIpc) is 3.12.